The number of aryl methyl sites for hydroxylation is 3. The highest BCUT2D eigenvalue weighted by Gasteiger charge is 2.28. The molecular formula is C20H24N4O2. The van der Waals surface area contributed by atoms with Crippen molar-refractivity contribution in [1.29, 1.82) is 0 Å². The number of aromatic nitrogens is 3. The van der Waals surface area contributed by atoms with Crippen molar-refractivity contribution in [2.75, 3.05) is 13.1 Å². The average molecular weight is 352 g/mol. The number of piperidine rings is 1. The van der Waals surface area contributed by atoms with E-state index in [-0.39, 0.29) is 22.9 Å². The molecule has 26 heavy (non-hydrogen) atoms. The molecule has 1 fully saturated rings. The van der Waals surface area contributed by atoms with Crippen molar-refractivity contribution in [3.63, 3.8) is 0 Å². The number of carbonyl (C=O) groups excluding carboxylic acids is 1. The minimum absolute atomic E-state index is 0.162. The lowest BCUT2D eigenvalue weighted by molar-refractivity contribution is 0.0703. The van der Waals surface area contributed by atoms with Gasteiger partial charge in [0, 0.05) is 37.1 Å². The maximum Gasteiger partial charge on any atom is 0.261 e. The Bertz CT molecular complexity index is 890. The fourth-order valence-corrected chi connectivity index (χ4v) is 4.09. The van der Waals surface area contributed by atoms with Crippen molar-refractivity contribution in [2.24, 2.45) is 0 Å². The summed E-state index contributed by atoms with van der Waals surface area (Å²) in [5.41, 5.74) is 3.97. The number of nitrogens with one attached hydrogen (secondary N) is 1. The fraction of sp³-hybridized carbons (Fsp3) is 0.500. The third-order valence-electron chi connectivity index (χ3n) is 5.47. The van der Waals surface area contributed by atoms with Gasteiger partial charge in [0.15, 0.2) is 0 Å². The number of nitrogens with zero attached hydrogens (tertiary/aromatic N) is 3. The lowest BCUT2D eigenvalue weighted by atomic mass is 9.93. The SMILES string of the molecule is Cc1cncc(C2CCCN(C(=O)c3cc4c([nH]c3=O)CCCC4)C2)n1. The second-order valence-electron chi connectivity index (χ2n) is 7.40. The minimum atomic E-state index is -0.256. The van der Waals surface area contributed by atoms with Gasteiger partial charge in [-0.15, -0.1) is 0 Å². The molecule has 1 saturated heterocycles. The summed E-state index contributed by atoms with van der Waals surface area (Å²) in [7, 11) is 0. The van der Waals surface area contributed by atoms with E-state index >= 15 is 0 Å². The van der Waals surface area contributed by atoms with E-state index in [0.29, 0.717) is 13.1 Å². The van der Waals surface area contributed by atoms with Crippen LogP contribution in [0, 0.1) is 6.92 Å². The number of amides is 1. The van der Waals surface area contributed by atoms with Crippen LogP contribution in [0.2, 0.25) is 0 Å². The first kappa shape index (κ1) is 16.9. The molecule has 2 aromatic rings. The van der Waals surface area contributed by atoms with Crippen LogP contribution in [-0.4, -0.2) is 38.8 Å². The van der Waals surface area contributed by atoms with E-state index in [2.05, 4.69) is 15.0 Å². The first-order valence-electron chi connectivity index (χ1n) is 9.44. The first-order chi connectivity index (χ1) is 12.6. The van der Waals surface area contributed by atoms with Gasteiger partial charge in [0.1, 0.15) is 5.56 Å². The Morgan fingerprint density at radius 3 is 2.92 bits per heavy atom. The molecule has 1 aliphatic heterocycles. The van der Waals surface area contributed by atoms with E-state index in [9.17, 15) is 9.59 Å². The molecule has 3 heterocycles. The number of hydrogen-bond acceptors (Lipinski definition) is 4. The van der Waals surface area contributed by atoms with Crippen LogP contribution in [0.5, 0.6) is 0 Å². The van der Waals surface area contributed by atoms with Crippen LogP contribution in [0.4, 0.5) is 0 Å². The van der Waals surface area contributed by atoms with Crippen LogP contribution in [0.1, 0.15) is 64.6 Å². The molecule has 6 heteroatoms. The number of carbonyl (C=O) groups is 1. The number of aromatic amines is 1. The molecule has 1 amide bonds. The minimum Gasteiger partial charge on any atom is -0.338 e. The van der Waals surface area contributed by atoms with Gasteiger partial charge in [0.05, 0.1) is 11.4 Å². The van der Waals surface area contributed by atoms with Gasteiger partial charge in [-0.3, -0.25) is 19.6 Å². The summed E-state index contributed by atoms with van der Waals surface area (Å²) in [5.74, 6) is 0.0155. The zero-order valence-electron chi connectivity index (χ0n) is 15.1. The maximum absolute atomic E-state index is 13.0. The molecule has 2 aliphatic rings. The second-order valence-corrected chi connectivity index (χ2v) is 7.40. The molecule has 0 spiro atoms. The molecule has 1 aliphatic carbocycles. The Balaban J connectivity index is 1.57. The van der Waals surface area contributed by atoms with Gasteiger partial charge in [0.2, 0.25) is 0 Å². The third-order valence-corrected chi connectivity index (χ3v) is 5.47. The Hall–Kier alpha value is -2.50. The lowest BCUT2D eigenvalue weighted by Gasteiger charge is -2.32. The predicted octanol–water partition coefficient (Wildman–Crippen LogP) is 2.37. The second kappa shape index (κ2) is 7.02. The maximum atomic E-state index is 13.0. The van der Waals surface area contributed by atoms with Gasteiger partial charge in [0.25, 0.3) is 11.5 Å². The molecule has 136 valence electrons. The summed E-state index contributed by atoms with van der Waals surface area (Å²) >= 11 is 0. The number of fused-ring (bicyclic) bond motifs is 1. The van der Waals surface area contributed by atoms with Crippen molar-refractivity contribution in [1.82, 2.24) is 19.9 Å². The van der Waals surface area contributed by atoms with E-state index < -0.39 is 0 Å². The number of pyridine rings is 1. The molecule has 6 nitrogen and oxygen atoms in total. The van der Waals surface area contributed by atoms with Gasteiger partial charge in [-0.1, -0.05) is 0 Å². The van der Waals surface area contributed by atoms with E-state index in [0.717, 1.165) is 61.2 Å². The summed E-state index contributed by atoms with van der Waals surface area (Å²) in [6, 6.07) is 1.83. The van der Waals surface area contributed by atoms with E-state index in [1.807, 2.05) is 13.0 Å². The number of likely N-dealkylation sites (tertiary alicyclic amines) is 1. The molecule has 1 N–H and O–H groups in total. The highest BCUT2D eigenvalue weighted by molar-refractivity contribution is 5.94. The van der Waals surface area contributed by atoms with E-state index in [4.69, 9.17) is 0 Å². The molecule has 0 aromatic carbocycles. The molecule has 1 atom stereocenters. The fourth-order valence-electron chi connectivity index (χ4n) is 4.09. The zero-order chi connectivity index (χ0) is 18.1. The van der Waals surface area contributed by atoms with Crippen LogP contribution in [0.3, 0.4) is 0 Å². The van der Waals surface area contributed by atoms with Gasteiger partial charge in [-0.25, -0.2) is 0 Å². The summed E-state index contributed by atoms with van der Waals surface area (Å²) in [6.07, 6.45) is 9.48. The van der Waals surface area contributed by atoms with Crippen LogP contribution >= 0.6 is 0 Å². The zero-order valence-corrected chi connectivity index (χ0v) is 15.1. The van der Waals surface area contributed by atoms with E-state index in [1.165, 1.54) is 0 Å². The summed E-state index contributed by atoms with van der Waals surface area (Å²) in [4.78, 5) is 39.0. The number of H-pyrrole nitrogens is 1. The van der Waals surface area contributed by atoms with Crippen LogP contribution < -0.4 is 5.56 Å². The Morgan fingerprint density at radius 1 is 1.23 bits per heavy atom. The highest BCUT2D eigenvalue weighted by atomic mass is 16.2. The smallest absolute Gasteiger partial charge is 0.261 e. The van der Waals surface area contributed by atoms with Gasteiger partial charge < -0.3 is 9.88 Å². The average Bonchev–Trinajstić information content (AvgIpc) is 2.67. The lowest BCUT2D eigenvalue weighted by Crippen LogP contribution is -2.41. The molecule has 4 rings (SSSR count). The predicted molar refractivity (Wildman–Crippen MR) is 98.4 cm³/mol. The van der Waals surface area contributed by atoms with Gasteiger partial charge in [-0.05, 0) is 57.1 Å². The van der Waals surface area contributed by atoms with Gasteiger partial charge >= 0.3 is 0 Å². The topological polar surface area (TPSA) is 79.0 Å². The molecular weight excluding hydrogens is 328 g/mol. The Labute approximate surface area is 152 Å². The summed E-state index contributed by atoms with van der Waals surface area (Å²) < 4.78 is 0. The monoisotopic (exact) mass is 352 g/mol. The van der Waals surface area contributed by atoms with Crippen LogP contribution in [0.25, 0.3) is 0 Å². The Kier molecular flexibility index (Phi) is 4.57. The normalized spacial score (nSPS) is 19.9. The largest absolute Gasteiger partial charge is 0.338 e. The molecule has 2 aromatic heterocycles. The number of hydrogen-bond donors (Lipinski definition) is 1. The van der Waals surface area contributed by atoms with Crippen LogP contribution in [-0.2, 0) is 12.8 Å². The van der Waals surface area contributed by atoms with Crippen molar-refractivity contribution in [2.45, 2.75) is 51.4 Å². The van der Waals surface area contributed by atoms with Crippen molar-refractivity contribution < 1.29 is 4.79 Å². The molecule has 0 radical (unpaired) electrons. The standard InChI is InChI=1S/C20H24N4O2/c1-13-10-21-11-18(22-13)15-6-4-8-24(12-15)20(26)16-9-14-5-2-3-7-17(14)23-19(16)25/h9-11,15H,2-8,12H2,1H3,(H,23,25). The molecule has 1 unspecified atom stereocenters. The third kappa shape index (κ3) is 3.28. The van der Waals surface area contributed by atoms with Crippen molar-refractivity contribution in [3.05, 3.63) is 57.0 Å². The Morgan fingerprint density at radius 2 is 2.08 bits per heavy atom. The highest BCUT2D eigenvalue weighted by Crippen LogP contribution is 2.26. The molecule has 0 saturated carbocycles. The quantitative estimate of drug-likeness (QED) is 0.900. The summed E-state index contributed by atoms with van der Waals surface area (Å²) in [6.45, 7) is 3.20. The van der Waals surface area contributed by atoms with Crippen molar-refractivity contribution >= 4 is 5.91 Å². The summed E-state index contributed by atoms with van der Waals surface area (Å²) in [5, 5.41) is 0. The van der Waals surface area contributed by atoms with Crippen LogP contribution in [0.15, 0.2) is 23.3 Å². The van der Waals surface area contributed by atoms with Crippen molar-refractivity contribution in [3.8, 4) is 0 Å². The molecule has 0 bridgehead atoms. The first-order valence-corrected chi connectivity index (χ1v) is 9.44. The number of rotatable bonds is 2. The van der Waals surface area contributed by atoms with E-state index in [1.54, 1.807) is 17.3 Å². The van der Waals surface area contributed by atoms with Gasteiger partial charge in [-0.2, -0.15) is 0 Å².